The number of rotatable bonds is 6. The molecule has 6 heteroatoms. The Kier molecular flexibility index (Phi) is 4.94. The molecule has 0 atom stereocenters. The molecule has 0 aliphatic rings. The van der Waals surface area contributed by atoms with Crippen LogP contribution in [0.25, 0.3) is 11.0 Å². The van der Waals surface area contributed by atoms with Gasteiger partial charge in [-0.15, -0.1) is 0 Å². The third-order valence-electron chi connectivity index (χ3n) is 4.38. The molecule has 0 fully saturated rings. The summed E-state index contributed by atoms with van der Waals surface area (Å²) in [6.45, 7) is 0.541. The largest absolute Gasteiger partial charge is 0.467 e. The quantitative estimate of drug-likeness (QED) is 0.546. The third-order valence-corrected chi connectivity index (χ3v) is 4.75. The average molecular weight is 380 g/mol. The van der Waals surface area contributed by atoms with Crippen LogP contribution >= 0.6 is 11.6 Å². The van der Waals surface area contributed by atoms with E-state index < -0.39 is 0 Å². The van der Waals surface area contributed by atoms with Gasteiger partial charge in [0.25, 0.3) is 0 Å². The third kappa shape index (κ3) is 3.88. The normalized spacial score (nSPS) is 11.0. The van der Waals surface area contributed by atoms with E-state index in [2.05, 4.69) is 5.32 Å². The van der Waals surface area contributed by atoms with E-state index in [9.17, 15) is 4.79 Å². The first-order valence-electron chi connectivity index (χ1n) is 8.67. The van der Waals surface area contributed by atoms with Crippen molar-refractivity contribution in [3.8, 4) is 0 Å². The number of carbonyl (C=O) groups excluding carboxylic acids is 1. The van der Waals surface area contributed by atoms with Crippen molar-refractivity contribution in [2.45, 2.75) is 19.5 Å². The predicted octanol–water partition coefficient (Wildman–Crippen LogP) is 4.19. The molecule has 4 rings (SSSR count). The monoisotopic (exact) mass is 379 g/mol. The van der Waals surface area contributed by atoms with Crippen LogP contribution < -0.4 is 5.32 Å². The number of amides is 1. The van der Waals surface area contributed by atoms with Crippen LogP contribution in [0.1, 0.15) is 17.1 Å². The number of benzene rings is 2. The highest BCUT2D eigenvalue weighted by molar-refractivity contribution is 6.31. The first kappa shape index (κ1) is 17.4. The first-order valence-corrected chi connectivity index (χ1v) is 9.05. The number of nitrogens with one attached hydrogen (secondary N) is 1. The molecule has 0 unspecified atom stereocenters. The number of furan rings is 1. The maximum Gasteiger partial charge on any atom is 0.240 e. The van der Waals surface area contributed by atoms with Crippen molar-refractivity contribution < 1.29 is 9.21 Å². The van der Waals surface area contributed by atoms with Gasteiger partial charge in [-0.25, -0.2) is 4.98 Å². The molecule has 2 aromatic carbocycles. The summed E-state index contributed by atoms with van der Waals surface area (Å²) < 4.78 is 7.20. The van der Waals surface area contributed by atoms with Gasteiger partial charge in [0.2, 0.25) is 5.91 Å². The molecule has 0 aliphatic carbocycles. The summed E-state index contributed by atoms with van der Waals surface area (Å²) in [6.07, 6.45) is 2.15. The number of nitrogens with zero attached hydrogens (tertiary/aromatic N) is 2. The van der Waals surface area contributed by atoms with E-state index in [0.717, 1.165) is 28.2 Å². The minimum Gasteiger partial charge on any atom is -0.467 e. The number of hydrogen-bond donors (Lipinski definition) is 1. The summed E-state index contributed by atoms with van der Waals surface area (Å²) >= 11 is 6.31. The number of para-hydroxylation sites is 2. The summed E-state index contributed by atoms with van der Waals surface area (Å²) in [5, 5.41) is 3.58. The second-order valence-corrected chi connectivity index (χ2v) is 6.63. The van der Waals surface area contributed by atoms with Gasteiger partial charge < -0.3 is 14.3 Å². The van der Waals surface area contributed by atoms with E-state index in [4.69, 9.17) is 21.0 Å². The van der Waals surface area contributed by atoms with E-state index in [0.29, 0.717) is 18.0 Å². The standard InChI is InChI=1S/C21H18ClN3O2/c22-17-8-2-1-6-15(17)12-20-24-18-9-3-4-10-19(18)25(20)14-21(26)23-13-16-7-5-11-27-16/h1-11H,12-14H2,(H,23,26). The predicted molar refractivity (Wildman–Crippen MR) is 105 cm³/mol. The van der Waals surface area contributed by atoms with Crippen LogP contribution in [-0.2, 0) is 24.3 Å². The van der Waals surface area contributed by atoms with Crippen molar-refractivity contribution in [2.24, 2.45) is 0 Å². The lowest BCUT2D eigenvalue weighted by atomic mass is 10.1. The van der Waals surface area contributed by atoms with Crippen molar-refractivity contribution in [2.75, 3.05) is 0 Å². The Morgan fingerprint density at radius 1 is 1.07 bits per heavy atom. The Morgan fingerprint density at radius 3 is 2.70 bits per heavy atom. The number of fused-ring (bicyclic) bond motifs is 1. The minimum atomic E-state index is -0.102. The topological polar surface area (TPSA) is 60.1 Å². The van der Waals surface area contributed by atoms with Gasteiger partial charge in [0.15, 0.2) is 0 Å². The van der Waals surface area contributed by atoms with Crippen LogP contribution in [0.4, 0.5) is 0 Å². The van der Waals surface area contributed by atoms with E-state index >= 15 is 0 Å². The van der Waals surface area contributed by atoms with Crippen LogP contribution in [0.5, 0.6) is 0 Å². The average Bonchev–Trinajstić information content (AvgIpc) is 3.31. The van der Waals surface area contributed by atoms with Crippen molar-refractivity contribution in [1.29, 1.82) is 0 Å². The number of hydrogen-bond acceptors (Lipinski definition) is 3. The van der Waals surface area contributed by atoms with Gasteiger partial charge in [-0.1, -0.05) is 41.9 Å². The Morgan fingerprint density at radius 2 is 1.89 bits per heavy atom. The molecule has 27 heavy (non-hydrogen) atoms. The molecule has 4 aromatic rings. The van der Waals surface area contributed by atoms with Gasteiger partial charge in [0.05, 0.1) is 23.8 Å². The molecule has 0 spiro atoms. The van der Waals surface area contributed by atoms with Gasteiger partial charge in [-0.05, 0) is 35.9 Å². The fourth-order valence-electron chi connectivity index (χ4n) is 3.05. The number of imidazole rings is 1. The van der Waals surface area contributed by atoms with E-state index in [1.807, 2.05) is 59.2 Å². The molecule has 0 saturated heterocycles. The van der Waals surface area contributed by atoms with Crippen LogP contribution in [0.15, 0.2) is 71.3 Å². The van der Waals surface area contributed by atoms with E-state index in [1.54, 1.807) is 12.3 Å². The summed E-state index contributed by atoms with van der Waals surface area (Å²) in [5.41, 5.74) is 2.76. The van der Waals surface area contributed by atoms with Gasteiger partial charge >= 0.3 is 0 Å². The highest BCUT2D eigenvalue weighted by Crippen LogP contribution is 2.22. The van der Waals surface area contributed by atoms with Crippen molar-refractivity contribution in [1.82, 2.24) is 14.9 Å². The highest BCUT2D eigenvalue weighted by atomic mass is 35.5. The molecule has 2 aromatic heterocycles. The fourth-order valence-corrected chi connectivity index (χ4v) is 3.25. The lowest BCUT2D eigenvalue weighted by molar-refractivity contribution is -0.121. The molecule has 136 valence electrons. The Bertz CT molecular complexity index is 1070. The zero-order chi connectivity index (χ0) is 18.6. The zero-order valence-electron chi connectivity index (χ0n) is 14.6. The Hall–Kier alpha value is -3.05. The highest BCUT2D eigenvalue weighted by Gasteiger charge is 2.15. The van der Waals surface area contributed by atoms with E-state index in [-0.39, 0.29) is 12.5 Å². The molecule has 0 radical (unpaired) electrons. The molecule has 0 bridgehead atoms. The van der Waals surface area contributed by atoms with Gasteiger partial charge in [0.1, 0.15) is 18.1 Å². The fraction of sp³-hybridized carbons (Fsp3) is 0.143. The van der Waals surface area contributed by atoms with Crippen LogP contribution in [0.3, 0.4) is 0 Å². The second kappa shape index (κ2) is 7.68. The summed E-state index contributed by atoms with van der Waals surface area (Å²) in [5.74, 6) is 1.42. The minimum absolute atomic E-state index is 0.102. The molecule has 2 heterocycles. The van der Waals surface area contributed by atoms with Gasteiger partial charge in [0, 0.05) is 11.4 Å². The lowest BCUT2D eigenvalue weighted by Gasteiger charge is -2.10. The SMILES string of the molecule is O=C(Cn1c(Cc2ccccc2Cl)nc2ccccc21)NCc1ccco1. The van der Waals surface area contributed by atoms with Crippen molar-refractivity contribution >= 4 is 28.5 Å². The summed E-state index contributed by atoms with van der Waals surface area (Å²) in [6, 6.07) is 19.1. The molecule has 5 nitrogen and oxygen atoms in total. The number of aromatic nitrogens is 2. The van der Waals surface area contributed by atoms with Crippen LogP contribution in [0.2, 0.25) is 5.02 Å². The van der Waals surface area contributed by atoms with Crippen molar-refractivity contribution in [3.05, 3.63) is 89.1 Å². The molecule has 1 amide bonds. The second-order valence-electron chi connectivity index (χ2n) is 6.23. The zero-order valence-corrected chi connectivity index (χ0v) is 15.3. The van der Waals surface area contributed by atoms with Crippen molar-refractivity contribution in [3.63, 3.8) is 0 Å². The van der Waals surface area contributed by atoms with Gasteiger partial charge in [-0.3, -0.25) is 4.79 Å². The number of carbonyl (C=O) groups is 1. The Labute approximate surface area is 161 Å². The molecular weight excluding hydrogens is 362 g/mol. The molecule has 0 saturated carbocycles. The molecular formula is C21H18ClN3O2. The van der Waals surface area contributed by atoms with E-state index in [1.165, 1.54) is 0 Å². The number of halogens is 1. The van der Waals surface area contributed by atoms with Crippen LogP contribution in [0, 0.1) is 0 Å². The summed E-state index contributed by atoms with van der Waals surface area (Å²) in [7, 11) is 0. The molecule has 0 aliphatic heterocycles. The molecule has 1 N–H and O–H groups in total. The Balaban J connectivity index is 1.60. The smallest absolute Gasteiger partial charge is 0.240 e. The first-order chi connectivity index (χ1) is 13.2. The van der Waals surface area contributed by atoms with Crippen LogP contribution in [-0.4, -0.2) is 15.5 Å². The maximum atomic E-state index is 12.5. The summed E-state index contributed by atoms with van der Waals surface area (Å²) in [4.78, 5) is 17.2. The van der Waals surface area contributed by atoms with Gasteiger partial charge in [-0.2, -0.15) is 0 Å². The lowest BCUT2D eigenvalue weighted by Crippen LogP contribution is -2.27. The maximum absolute atomic E-state index is 12.5.